The molecule has 0 aliphatic rings. The Kier molecular flexibility index (Phi) is 3.57. The molecule has 0 aromatic heterocycles. The zero-order chi connectivity index (χ0) is 12.3. The van der Waals surface area contributed by atoms with E-state index in [-0.39, 0.29) is 23.5 Å². The molecule has 0 bridgehead atoms. The predicted octanol–water partition coefficient (Wildman–Crippen LogP) is 2.85. The molecule has 0 atom stereocenters. The van der Waals surface area contributed by atoms with Crippen LogP contribution in [0.4, 0.5) is 13.2 Å². The first kappa shape index (κ1) is 12.5. The topological polar surface area (TPSA) is 26.3 Å². The van der Waals surface area contributed by atoms with Gasteiger partial charge in [-0.25, -0.2) is 0 Å². The summed E-state index contributed by atoms with van der Waals surface area (Å²) in [4.78, 5) is 10.8. The van der Waals surface area contributed by atoms with Gasteiger partial charge in [-0.1, -0.05) is 6.07 Å². The molecule has 5 heteroatoms. The fraction of sp³-hybridized carbons (Fsp3) is 0.364. The van der Waals surface area contributed by atoms with Crippen LogP contribution in [-0.2, 0) is 17.4 Å². The number of hydrogen-bond donors (Lipinski definition) is 0. The van der Waals surface area contributed by atoms with Crippen LogP contribution in [0.2, 0.25) is 0 Å². The fourth-order valence-corrected chi connectivity index (χ4v) is 1.37. The summed E-state index contributed by atoms with van der Waals surface area (Å²) in [6, 6.07) is 3.58. The lowest BCUT2D eigenvalue weighted by Crippen LogP contribution is -2.11. The van der Waals surface area contributed by atoms with Crippen LogP contribution in [0.15, 0.2) is 18.2 Å². The van der Waals surface area contributed by atoms with E-state index in [4.69, 9.17) is 4.74 Å². The molecule has 1 rings (SSSR count). The van der Waals surface area contributed by atoms with Crippen molar-refractivity contribution >= 4 is 5.78 Å². The number of ketones is 1. The second kappa shape index (κ2) is 4.55. The Morgan fingerprint density at radius 2 is 2.00 bits per heavy atom. The Labute approximate surface area is 91.0 Å². The van der Waals surface area contributed by atoms with E-state index in [1.165, 1.54) is 26.2 Å². The van der Waals surface area contributed by atoms with Gasteiger partial charge in [-0.15, -0.1) is 0 Å². The number of benzene rings is 1. The van der Waals surface area contributed by atoms with Crippen molar-refractivity contribution in [2.75, 3.05) is 7.11 Å². The van der Waals surface area contributed by atoms with Crippen molar-refractivity contribution in [2.24, 2.45) is 0 Å². The van der Waals surface area contributed by atoms with Crippen molar-refractivity contribution in [1.29, 1.82) is 0 Å². The van der Waals surface area contributed by atoms with Gasteiger partial charge >= 0.3 is 6.18 Å². The third-order valence-corrected chi connectivity index (χ3v) is 2.06. The van der Waals surface area contributed by atoms with E-state index >= 15 is 0 Å². The van der Waals surface area contributed by atoms with E-state index in [9.17, 15) is 18.0 Å². The van der Waals surface area contributed by atoms with E-state index in [2.05, 4.69) is 0 Å². The molecule has 0 heterocycles. The van der Waals surface area contributed by atoms with Crippen LogP contribution in [0.3, 0.4) is 0 Å². The van der Waals surface area contributed by atoms with Crippen molar-refractivity contribution in [3.8, 4) is 5.75 Å². The average Bonchev–Trinajstić information content (AvgIpc) is 2.15. The largest absolute Gasteiger partial charge is 0.497 e. The van der Waals surface area contributed by atoms with Crippen LogP contribution < -0.4 is 4.74 Å². The summed E-state index contributed by atoms with van der Waals surface area (Å²) in [5, 5.41) is 0. The van der Waals surface area contributed by atoms with Crippen molar-refractivity contribution in [2.45, 2.75) is 19.5 Å². The Hall–Kier alpha value is -1.52. The van der Waals surface area contributed by atoms with Gasteiger partial charge in [0.15, 0.2) is 0 Å². The number of rotatable bonds is 3. The fourth-order valence-electron chi connectivity index (χ4n) is 1.37. The lowest BCUT2D eigenvalue weighted by atomic mass is 10.0. The molecule has 0 unspecified atom stereocenters. The summed E-state index contributed by atoms with van der Waals surface area (Å²) < 4.78 is 42.7. The average molecular weight is 232 g/mol. The van der Waals surface area contributed by atoms with Crippen LogP contribution in [-0.4, -0.2) is 12.9 Å². The minimum absolute atomic E-state index is 0.0270. The van der Waals surface area contributed by atoms with Crippen molar-refractivity contribution < 1.29 is 22.7 Å². The molecule has 16 heavy (non-hydrogen) atoms. The maximum absolute atomic E-state index is 12.6. The second-order valence-electron chi connectivity index (χ2n) is 3.40. The van der Waals surface area contributed by atoms with Crippen LogP contribution >= 0.6 is 0 Å². The van der Waals surface area contributed by atoms with E-state index in [1.807, 2.05) is 0 Å². The van der Waals surface area contributed by atoms with Gasteiger partial charge in [-0.3, -0.25) is 4.79 Å². The third kappa shape index (κ3) is 2.98. The molecule has 0 radical (unpaired) electrons. The predicted molar refractivity (Wildman–Crippen MR) is 52.4 cm³/mol. The molecular formula is C11H11F3O2. The molecule has 0 spiro atoms. The quantitative estimate of drug-likeness (QED) is 0.801. The van der Waals surface area contributed by atoms with Crippen molar-refractivity contribution in [3.05, 3.63) is 29.3 Å². The number of alkyl halides is 3. The summed E-state index contributed by atoms with van der Waals surface area (Å²) in [7, 11) is 1.29. The molecule has 2 nitrogen and oxygen atoms in total. The summed E-state index contributed by atoms with van der Waals surface area (Å²) in [6.07, 6.45) is -4.70. The Bertz CT molecular complexity index is 397. The van der Waals surface area contributed by atoms with Crippen LogP contribution in [0.5, 0.6) is 5.75 Å². The standard InChI is InChI=1S/C11H11F3O2/c1-7(15)5-8-3-4-9(16-2)6-10(8)11(12,13)14/h3-4,6H,5H2,1-2H3. The van der Waals surface area contributed by atoms with E-state index in [1.54, 1.807) is 0 Å². The van der Waals surface area contributed by atoms with Gasteiger partial charge in [0.25, 0.3) is 0 Å². The molecule has 1 aromatic rings. The van der Waals surface area contributed by atoms with Gasteiger partial charge in [-0.05, 0) is 24.6 Å². The minimum Gasteiger partial charge on any atom is -0.497 e. The normalized spacial score (nSPS) is 11.3. The molecule has 1 aromatic carbocycles. The van der Waals surface area contributed by atoms with E-state index in [0.717, 1.165) is 6.07 Å². The number of hydrogen-bond acceptors (Lipinski definition) is 2. The number of carbonyl (C=O) groups is 1. The van der Waals surface area contributed by atoms with Gasteiger partial charge in [0.2, 0.25) is 0 Å². The summed E-state index contributed by atoms with van der Waals surface area (Å²) in [5.74, 6) is -0.185. The summed E-state index contributed by atoms with van der Waals surface area (Å²) in [6.45, 7) is 1.25. The molecular weight excluding hydrogens is 221 g/mol. The number of methoxy groups -OCH3 is 1. The Morgan fingerprint density at radius 1 is 1.38 bits per heavy atom. The zero-order valence-electron chi connectivity index (χ0n) is 8.89. The van der Waals surface area contributed by atoms with Gasteiger partial charge in [0, 0.05) is 6.42 Å². The molecule has 0 aliphatic carbocycles. The first-order valence-electron chi connectivity index (χ1n) is 4.58. The summed E-state index contributed by atoms with van der Waals surface area (Å²) in [5.41, 5.74) is -0.845. The smallest absolute Gasteiger partial charge is 0.416 e. The summed E-state index contributed by atoms with van der Waals surface area (Å²) >= 11 is 0. The van der Waals surface area contributed by atoms with Crippen LogP contribution in [0.1, 0.15) is 18.1 Å². The molecule has 0 saturated heterocycles. The van der Waals surface area contributed by atoms with E-state index < -0.39 is 11.7 Å². The van der Waals surface area contributed by atoms with Crippen LogP contribution in [0, 0.1) is 0 Å². The highest BCUT2D eigenvalue weighted by Gasteiger charge is 2.33. The van der Waals surface area contributed by atoms with Gasteiger partial charge < -0.3 is 4.74 Å². The van der Waals surface area contributed by atoms with Crippen LogP contribution in [0.25, 0.3) is 0 Å². The van der Waals surface area contributed by atoms with Crippen molar-refractivity contribution in [1.82, 2.24) is 0 Å². The monoisotopic (exact) mass is 232 g/mol. The number of halogens is 3. The molecule has 0 N–H and O–H groups in total. The lowest BCUT2D eigenvalue weighted by Gasteiger charge is -2.13. The molecule has 0 aliphatic heterocycles. The highest BCUT2D eigenvalue weighted by atomic mass is 19.4. The zero-order valence-corrected chi connectivity index (χ0v) is 8.89. The first-order valence-corrected chi connectivity index (χ1v) is 4.58. The molecule has 0 amide bonds. The first-order chi connectivity index (χ1) is 7.34. The van der Waals surface area contributed by atoms with E-state index in [0.29, 0.717) is 0 Å². The molecule has 88 valence electrons. The van der Waals surface area contributed by atoms with Gasteiger partial charge in [0.1, 0.15) is 11.5 Å². The number of carbonyl (C=O) groups excluding carboxylic acids is 1. The lowest BCUT2D eigenvalue weighted by molar-refractivity contribution is -0.138. The highest BCUT2D eigenvalue weighted by Crippen LogP contribution is 2.34. The maximum atomic E-state index is 12.6. The van der Waals surface area contributed by atoms with Crippen molar-refractivity contribution in [3.63, 3.8) is 0 Å². The van der Waals surface area contributed by atoms with Gasteiger partial charge in [0.05, 0.1) is 12.7 Å². The Balaban J connectivity index is 3.22. The SMILES string of the molecule is COc1ccc(CC(C)=O)c(C(F)(F)F)c1. The maximum Gasteiger partial charge on any atom is 0.416 e. The Morgan fingerprint density at radius 3 is 2.44 bits per heavy atom. The second-order valence-corrected chi connectivity index (χ2v) is 3.40. The molecule has 0 saturated carbocycles. The third-order valence-electron chi connectivity index (χ3n) is 2.06. The number of Topliss-reactive ketones (excluding diaryl/α,β-unsaturated/α-hetero) is 1. The number of ether oxygens (including phenoxy) is 1. The van der Waals surface area contributed by atoms with Gasteiger partial charge in [-0.2, -0.15) is 13.2 Å². The minimum atomic E-state index is -4.47. The molecule has 0 fully saturated rings. The highest BCUT2D eigenvalue weighted by molar-refractivity contribution is 5.78.